The molecule has 1 radical (unpaired) electrons. The molecule has 0 aromatic rings. The Balaban J connectivity index is 1.63. The molecule has 4 heteroatoms. The standard InChI is InChI=1S/C14H19F2O2/c15-12-8-14(12,16)13(17)18-11-7-3-5-9-4-1-2-6-10(9)11/h9-10,12H,1-8H2. The number of carbonyl (C=O) groups is 1. The van der Waals surface area contributed by atoms with Crippen LogP contribution >= 0.6 is 0 Å². The van der Waals surface area contributed by atoms with E-state index < -0.39 is 17.8 Å². The van der Waals surface area contributed by atoms with Crippen molar-refractivity contribution in [1.29, 1.82) is 0 Å². The molecule has 0 spiro atoms. The van der Waals surface area contributed by atoms with Crippen LogP contribution in [0.1, 0.15) is 51.4 Å². The molecule has 4 atom stereocenters. The first kappa shape index (κ1) is 12.4. The van der Waals surface area contributed by atoms with Crippen LogP contribution in [-0.4, -0.2) is 17.8 Å². The number of ether oxygens (including phenoxy) is 1. The first-order valence-corrected chi connectivity index (χ1v) is 7.02. The predicted molar refractivity (Wildman–Crippen MR) is 62.0 cm³/mol. The highest BCUT2D eigenvalue weighted by atomic mass is 19.2. The number of rotatable bonds is 2. The summed E-state index contributed by atoms with van der Waals surface area (Å²) in [7, 11) is 0. The summed E-state index contributed by atoms with van der Waals surface area (Å²) in [6.07, 6.45) is 6.26. The van der Waals surface area contributed by atoms with Crippen molar-refractivity contribution in [2.24, 2.45) is 11.8 Å². The molecular weight excluding hydrogens is 238 g/mol. The molecule has 101 valence electrons. The van der Waals surface area contributed by atoms with Gasteiger partial charge in [-0.15, -0.1) is 0 Å². The SMILES string of the molecule is O=C(O[C]1CCCC2CCCCC12)C1(F)CC1F. The lowest BCUT2D eigenvalue weighted by molar-refractivity contribution is -0.155. The molecular formula is C14H19F2O2. The average Bonchev–Trinajstić information content (AvgIpc) is 2.99. The van der Waals surface area contributed by atoms with Crippen molar-refractivity contribution in [3.05, 3.63) is 6.10 Å². The van der Waals surface area contributed by atoms with E-state index in [0.29, 0.717) is 11.8 Å². The third-order valence-electron chi connectivity index (χ3n) is 4.70. The van der Waals surface area contributed by atoms with Gasteiger partial charge in [-0.2, -0.15) is 0 Å². The predicted octanol–water partition coefficient (Wildman–Crippen LogP) is 3.50. The van der Waals surface area contributed by atoms with Gasteiger partial charge in [-0.1, -0.05) is 19.3 Å². The maximum Gasteiger partial charge on any atom is 0.347 e. The van der Waals surface area contributed by atoms with Gasteiger partial charge in [0.15, 0.2) is 6.10 Å². The monoisotopic (exact) mass is 257 g/mol. The van der Waals surface area contributed by atoms with Gasteiger partial charge in [0.05, 0.1) is 0 Å². The van der Waals surface area contributed by atoms with Crippen molar-refractivity contribution in [2.45, 2.75) is 63.2 Å². The second-order valence-electron chi connectivity index (χ2n) is 5.93. The van der Waals surface area contributed by atoms with Crippen molar-refractivity contribution >= 4 is 5.97 Å². The van der Waals surface area contributed by atoms with E-state index in [9.17, 15) is 13.6 Å². The van der Waals surface area contributed by atoms with E-state index in [1.54, 1.807) is 0 Å². The van der Waals surface area contributed by atoms with Gasteiger partial charge in [-0.25, -0.2) is 13.6 Å². The van der Waals surface area contributed by atoms with Crippen LogP contribution in [0.5, 0.6) is 0 Å². The van der Waals surface area contributed by atoms with E-state index in [1.165, 1.54) is 19.3 Å². The van der Waals surface area contributed by atoms with E-state index in [-0.39, 0.29) is 6.42 Å². The second-order valence-corrected chi connectivity index (χ2v) is 5.93. The first-order chi connectivity index (χ1) is 8.61. The topological polar surface area (TPSA) is 26.3 Å². The number of hydrogen-bond donors (Lipinski definition) is 0. The van der Waals surface area contributed by atoms with Crippen LogP contribution in [0, 0.1) is 17.9 Å². The van der Waals surface area contributed by atoms with E-state index in [2.05, 4.69) is 0 Å². The number of halogens is 2. The van der Waals surface area contributed by atoms with E-state index in [0.717, 1.165) is 31.8 Å². The second kappa shape index (κ2) is 4.46. The molecule has 0 aromatic heterocycles. The van der Waals surface area contributed by atoms with Crippen LogP contribution in [0.25, 0.3) is 0 Å². The normalized spacial score (nSPS) is 44.2. The maximum atomic E-state index is 13.6. The minimum atomic E-state index is -2.34. The highest BCUT2D eigenvalue weighted by Crippen LogP contribution is 2.49. The van der Waals surface area contributed by atoms with Crippen LogP contribution < -0.4 is 0 Å². The zero-order chi connectivity index (χ0) is 12.8. The van der Waals surface area contributed by atoms with Crippen LogP contribution in [-0.2, 0) is 9.53 Å². The number of hydrogen-bond acceptors (Lipinski definition) is 2. The zero-order valence-corrected chi connectivity index (χ0v) is 10.5. The van der Waals surface area contributed by atoms with Crippen LogP contribution in [0.3, 0.4) is 0 Å². The fourth-order valence-corrected chi connectivity index (χ4v) is 3.44. The molecule has 0 heterocycles. The molecule has 0 bridgehead atoms. The summed E-state index contributed by atoms with van der Waals surface area (Å²) in [4.78, 5) is 11.6. The molecule has 3 aliphatic carbocycles. The first-order valence-electron chi connectivity index (χ1n) is 7.02. The minimum Gasteiger partial charge on any atom is -0.452 e. The van der Waals surface area contributed by atoms with Crippen molar-refractivity contribution in [3.63, 3.8) is 0 Å². The van der Waals surface area contributed by atoms with Crippen molar-refractivity contribution in [3.8, 4) is 0 Å². The number of alkyl halides is 2. The average molecular weight is 257 g/mol. The summed E-state index contributed by atoms with van der Waals surface area (Å²) in [5, 5.41) is 0. The summed E-state index contributed by atoms with van der Waals surface area (Å²) in [5.41, 5.74) is -2.34. The lowest BCUT2D eigenvalue weighted by Gasteiger charge is -2.39. The van der Waals surface area contributed by atoms with Gasteiger partial charge >= 0.3 is 5.97 Å². The molecule has 3 rings (SSSR count). The van der Waals surface area contributed by atoms with Gasteiger partial charge < -0.3 is 4.74 Å². The smallest absolute Gasteiger partial charge is 0.347 e. The Labute approximate surface area is 106 Å². The highest BCUT2D eigenvalue weighted by Gasteiger charge is 2.65. The largest absolute Gasteiger partial charge is 0.452 e. The highest BCUT2D eigenvalue weighted by molar-refractivity contribution is 5.84. The Morgan fingerprint density at radius 1 is 1.22 bits per heavy atom. The quantitative estimate of drug-likeness (QED) is 0.708. The summed E-state index contributed by atoms with van der Waals surface area (Å²) < 4.78 is 31.6. The van der Waals surface area contributed by atoms with E-state index in [1.807, 2.05) is 0 Å². The minimum absolute atomic E-state index is 0.303. The summed E-state index contributed by atoms with van der Waals surface area (Å²) >= 11 is 0. The van der Waals surface area contributed by atoms with Gasteiger partial charge in [-0.3, -0.25) is 0 Å². The molecule has 3 aliphatic rings. The Hall–Kier alpha value is -0.670. The molecule has 3 saturated carbocycles. The number of fused-ring (bicyclic) bond motifs is 1. The molecule has 18 heavy (non-hydrogen) atoms. The molecule has 0 aliphatic heterocycles. The summed E-state index contributed by atoms with van der Waals surface area (Å²) in [5.74, 6) is -0.0978. The fourth-order valence-electron chi connectivity index (χ4n) is 3.44. The van der Waals surface area contributed by atoms with Gasteiger partial charge in [0.2, 0.25) is 5.67 Å². The van der Waals surface area contributed by atoms with Crippen LogP contribution in [0.4, 0.5) is 8.78 Å². The molecule has 3 fully saturated rings. The van der Waals surface area contributed by atoms with Crippen LogP contribution in [0.2, 0.25) is 0 Å². The lowest BCUT2D eigenvalue weighted by atomic mass is 9.69. The number of esters is 1. The Kier molecular flexibility index (Phi) is 3.07. The third-order valence-corrected chi connectivity index (χ3v) is 4.70. The Morgan fingerprint density at radius 2 is 1.89 bits per heavy atom. The van der Waals surface area contributed by atoms with Gasteiger partial charge in [0.25, 0.3) is 0 Å². The molecule has 0 aromatic carbocycles. The van der Waals surface area contributed by atoms with Gasteiger partial charge in [0.1, 0.15) is 6.17 Å². The molecule has 0 amide bonds. The third kappa shape index (κ3) is 2.04. The van der Waals surface area contributed by atoms with Crippen LogP contribution in [0.15, 0.2) is 0 Å². The molecule has 2 nitrogen and oxygen atoms in total. The lowest BCUT2D eigenvalue weighted by Crippen LogP contribution is -2.35. The maximum absolute atomic E-state index is 13.6. The summed E-state index contributed by atoms with van der Waals surface area (Å²) in [6.45, 7) is 0. The number of carbonyl (C=O) groups excluding carboxylic acids is 1. The van der Waals surface area contributed by atoms with Gasteiger partial charge in [0, 0.05) is 12.3 Å². The van der Waals surface area contributed by atoms with Gasteiger partial charge in [-0.05, 0) is 31.6 Å². The molecule has 4 unspecified atom stereocenters. The fraction of sp³-hybridized carbons (Fsp3) is 0.857. The van der Waals surface area contributed by atoms with Crippen molar-refractivity contribution in [2.75, 3.05) is 0 Å². The van der Waals surface area contributed by atoms with E-state index in [4.69, 9.17) is 4.74 Å². The Bertz CT molecular complexity index is 345. The zero-order valence-electron chi connectivity index (χ0n) is 10.5. The Morgan fingerprint density at radius 3 is 2.61 bits per heavy atom. The van der Waals surface area contributed by atoms with E-state index >= 15 is 0 Å². The van der Waals surface area contributed by atoms with Crippen molar-refractivity contribution in [1.82, 2.24) is 0 Å². The molecule has 0 saturated heterocycles. The van der Waals surface area contributed by atoms with Crippen molar-refractivity contribution < 1.29 is 18.3 Å². The molecule has 0 N–H and O–H groups in total. The summed E-state index contributed by atoms with van der Waals surface area (Å²) in [6, 6.07) is 0.